The van der Waals surface area contributed by atoms with Crippen LogP contribution in [0.15, 0.2) is 37.1 Å². The molecule has 0 N–H and O–H groups in total. The summed E-state index contributed by atoms with van der Waals surface area (Å²) in [5, 5.41) is 11.6. The highest BCUT2D eigenvalue weighted by atomic mass is 35.5. The zero-order valence-electron chi connectivity index (χ0n) is 11.6. The molecule has 0 unspecified atom stereocenters. The fourth-order valence-electron chi connectivity index (χ4n) is 2.04. The molecule has 6 nitrogen and oxygen atoms in total. The molecule has 0 aliphatic rings. The van der Waals surface area contributed by atoms with E-state index in [9.17, 15) is 13.2 Å². The molecule has 0 saturated heterocycles. The van der Waals surface area contributed by atoms with Crippen LogP contribution in [0.3, 0.4) is 0 Å². The van der Waals surface area contributed by atoms with Crippen LogP contribution in [0.4, 0.5) is 13.2 Å². The summed E-state index contributed by atoms with van der Waals surface area (Å²) in [4.78, 5) is 3.81. The van der Waals surface area contributed by atoms with Gasteiger partial charge in [0.25, 0.3) is 0 Å². The van der Waals surface area contributed by atoms with Crippen LogP contribution in [0.25, 0.3) is 5.69 Å². The van der Waals surface area contributed by atoms with Crippen LogP contribution in [0, 0.1) is 0 Å². The fourth-order valence-corrected chi connectivity index (χ4v) is 2.22. The maximum absolute atomic E-state index is 13.1. The number of benzene rings is 1. The lowest BCUT2D eigenvalue weighted by molar-refractivity contribution is -0.137. The van der Waals surface area contributed by atoms with Gasteiger partial charge in [-0.15, -0.1) is 5.10 Å². The van der Waals surface area contributed by atoms with Crippen molar-refractivity contribution in [3.63, 3.8) is 0 Å². The SMILES string of the molecule is FC(F)(F)c1cc(Cl)ccc1-n1cc(CCn2cncn2)nn1. The number of rotatable bonds is 4. The van der Waals surface area contributed by atoms with Crippen LogP contribution in [0.5, 0.6) is 0 Å². The maximum Gasteiger partial charge on any atom is 0.418 e. The first-order valence-corrected chi connectivity index (χ1v) is 6.92. The van der Waals surface area contributed by atoms with Crippen molar-refractivity contribution < 1.29 is 13.2 Å². The van der Waals surface area contributed by atoms with Gasteiger partial charge in [-0.2, -0.15) is 18.3 Å². The third-order valence-corrected chi connectivity index (χ3v) is 3.35. The summed E-state index contributed by atoms with van der Waals surface area (Å²) >= 11 is 5.66. The number of aromatic nitrogens is 6. The summed E-state index contributed by atoms with van der Waals surface area (Å²) in [7, 11) is 0. The Morgan fingerprint density at radius 3 is 2.74 bits per heavy atom. The molecule has 0 atom stereocenters. The fraction of sp³-hybridized carbons (Fsp3) is 0.231. The first-order chi connectivity index (χ1) is 10.9. The molecule has 0 fully saturated rings. The minimum atomic E-state index is -4.53. The monoisotopic (exact) mass is 342 g/mol. The summed E-state index contributed by atoms with van der Waals surface area (Å²) in [6.07, 6.45) is 0.340. The average molecular weight is 343 g/mol. The summed E-state index contributed by atoms with van der Waals surface area (Å²) in [6, 6.07) is 3.51. The van der Waals surface area contributed by atoms with E-state index in [0.717, 1.165) is 10.7 Å². The van der Waals surface area contributed by atoms with Gasteiger partial charge in [-0.1, -0.05) is 16.8 Å². The van der Waals surface area contributed by atoms with Gasteiger partial charge in [-0.25, -0.2) is 9.67 Å². The van der Waals surface area contributed by atoms with Crippen LogP contribution in [-0.2, 0) is 19.1 Å². The second-order valence-corrected chi connectivity index (χ2v) is 5.16. The number of nitrogens with zero attached hydrogens (tertiary/aromatic N) is 6. The van der Waals surface area contributed by atoms with Crippen molar-refractivity contribution in [3.8, 4) is 5.69 Å². The molecule has 1 aromatic carbocycles. The largest absolute Gasteiger partial charge is 0.418 e. The summed E-state index contributed by atoms with van der Waals surface area (Å²) in [5.41, 5.74) is -0.442. The number of aryl methyl sites for hydroxylation is 2. The molecule has 23 heavy (non-hydrogen) atoms. The van der Waals surface area contributed by atoms with Crippen LogP contribution < -0.4 is 0 Å². The summed E-state index contributed by atoms with van der Waals surface area (Å²) in [5.74, 6) is 0. The Bertz CT molecular complexity index is 796. The minimum absolute atomic E-state index is 0.00703. The molecular weight excluding hydrogens is 333 g/mol. The van der Waals surface area contributed by atoms with E-state index in [1.165, 1.54) is 24.7 Å². The van der Waals surface area contributed by atoms with Crippen LogP contribution >= 0.6 is 11.6 Å². The van der Waals surface area contributed by atoms with Gasteiger partial charge < -0.3 is 0 Å². The molecule has 0 aliphatic heterocycles. The zero-order valence-corrected chi connectivity index (χ0v) is 12.3. The summed E-state index contributed by atoms with van der Waals surface area (Å²) < 4.78 is 42.0. The lowest BCUT2D eigenvalue weighted by Crippen LogP contribution is -2.11. The Balaban J connectivity index is 1.85. The Morgan fingerprint density at radius 2 is 2.04 bits per heavy atom. The minimum Gasteiger partial charge on any atom is -0.253 e. The van der Waals surface area contributed by atoms with E-state index < -0.39 is 11.7 Å². The Kier molecular flexibility index (Phi) is 4.03. The zero-order chi connectivity index (χ0) is 16.4. The van der Waals surface area contributed by atoms with Gasteiger partial charge in [0.15, 0.2) is 0 Å². The molecule has 3 rings (SSSR count). The van der Waals surface area contributed by atoms with Gasteiger partial charge in [0.1, 0.15) is 12.7 Å². The quantitative estimate of drug-likeness (QED) is 0.731. The maximum atomic E-state index is 13.1. The van der Waals surface area contributed by atoms with E-state index in [2.05, 4.69) is 20.4 Å². The predicted molar refractivity (Wildman–Crippen MR) is 75.1 cm³/mol. The number of halogens is 4. The number of hydrogen-bond acceptors (Lipinski definition) is 4. The average Bonchev–Trinajstić information content (AvgIpc) is 3.15. The molecular formula is C13H10ClF3N6. The molecule has 0 radical (unpaired) electrons. The van der Waals surface area contributed by atoms with Gasteiger partial charge in [0.05, 0.1) is 23.1 Å². The van der Waals surface area contributed by atoms with Crippen molar-refractivity contribution in [3.05, 3.63) is 53.3 Å². The highest BCUT2D eigenvalue weighted by molar-refractivity contribution is 6.30. The first-order valence-electron chi connectivity index (χ1n) is 6.54. The molecule has 0 bridgehead atoms. The normalized spacial score (nSPS) is 11.8. The molecule has 2 aromatic heterocycles. The van der Waals surface area contributed by atoms with Crippen molar-refractivity contribution in [2.24, 2.45) is 0 Å². The smallest absolute Gasteiger partial charge is 0.253 e. The van der Waals surface area contributed by atoms with Gasteiger partial charge in [0.2, 0.25) is 0 Å². The van der Waals surface area contributed by atoms with Crippen LogP contribution in [0.1, 0.15) is 11.3 Å². The van der Waals surface area contributed by atoms with Gasteiger partial charge in [0, 0.05) is 18.0 Å². The summed E-state index contributed by atoms with van der Waals surface area (Å²) in [6.45, 7) is 0.505. The molecule has 0 aliphatic carbocycles. The standard InChI is InChI=1S/C13H10ClF3N6/c14-9-1-2-12(11(5-9)13(15,16)17)23-6-10(20-21-23)3-4-22-8-18-7-19-22/h1-2,5-8H,3-4H2. The molecule has 3 aromatic rings. The second-order valence-electron chi connectivity index (χ2n) is 4.72. The van der Waals surface area contributed by atoms with Gasteiger partial charge >= 0.3 is 6.18 Å². The van der Waals surface area contributed by atoms with Crippen molar-refractivity contribution in [1.82, 2.24) is 29.8 Å². The Labute approximate surface area is 133 Å². The number of hydrogen-bond donors (Lipinski definition) is 0. The van der Waals surface area contributed by atoms with Crippen LogP contribution in [0.2, 0.25) is 5.02 Å². The van der Waals surface area contributed by atoms with E-state index in [1.807, 2.05) is 0 Å². The highest BCUT2D eigenvalue weighted by Gasteiger charge is 2.34. The van der Waals surface area contributed by atoms with Crippen LogP contribution in [-0.4, -0.2) is 29.8 Å². The second kappa shape index (κ2) is 5.99. The van der Waals surface area contributed by atoms with E-state index in [0.29, 0.717) is 18.7 Å². The molecule has 0 amide bonds. The lowest BCUT2D eigenvalue weighted by atomic mass is 10.1. The number of alkyl halides is 3. The van der Waals surface area contributed by atoms with Crippen molar-refractivity contribution >= 4 is 11.6 Å². The van der Waals surface area contributed by atoms with Gasteiger partial charge in [-0.3, -0.25) is 4.68 Å². The first kappa shape index (κ1) is 15.5. The third-order valence-electron chi connectivity index (χ3n) is 3.12. The Morgan fingerprint density at radius 1 is 1.22 bits per heavy atom. The molecule has 0 saturated carbocycles. The van der Waals surface area contributed by atoms with Crippen molar-refractivity contribution in [2.45, 2.75) is 19.1 Å². The topological polar surface area (TPSA) is 61.4 Å². The molecule has 10 heteroatoms. The molecule has 0 spiro atoms. The van der Waals surface area contributed by atoms with E-state index in [-0.39, 0.29) is 10.7 Å². The predicted octanol–water partition coefficient (Wildman–Crippen LogP) is 2.77. The van der Waals surface area contributed by atoms with E-state index >= 15 is 0 Å². The van der Waals surface area contributed by atoms with Crippen molar-refractivity contribution in [2.75, 3.05) is 0 Å². The highest BCUT2D eigenvalue weighted by Crippen LogP contribution is 2.35. The molecule has 120 valence electrons. The Hall–Kier alpha value is -2.42. The third kappa shape index (κ3) is 3.50. The van der Waals surface area contributed by atoms with E-state index in [4.69, 9.17) is 11.6 Å². The van der Waals surface area contributed by atoms with E-state index in [1.54, 1.807) is 11.0 Å². The van der Waals surface area contributed by atoms with Crippen molar-refractivity contribution in [1.29, 1.82) is 0 Å². The van der Waals surface area contributed by atoms with Gasteiger partial charge in [-0.05, 0) is 18.2 Å². The lowest BCUT2D eigenvalue weighted by Gasteiger charge is -2.12. The molecule has 2 heterocycles.